The number of anilines is 1. The van der Waals surface area contributed by atoms with Crippen LogP contribution in [0.5, 0.6) is 0 Å². The van der Waals surface area contributed by atoms with E-state index in [-0.39, 0.29) is 11.9 Å². The van der Waals surface area contributed by atoms with Gasteiger partial charge in [0.1, 0.15) is 5.82 Å². The van der Waals surface area contributed by atoms with E-state index in [0.29, 0.717) is 5.56 Å². The van der Waals surface area contributed by atoms with Gasteiger partial charge in [-0.1, -0.05) is 13.3 Å². The maximum absolute atomic E-state index is 12.4. The normalized spacial score (nSPS) is 12.1. The Balaban J connectivity index is 2.92. The van der Waals surface area contributed by atoms with Crippen molar-refractivity contribution in [1.82, 2.24) is 9.88 Å². The summed E-state index contributed by atoms with van der Waals surface area (Å²) in [5.74, 6) is 0.785. The summed E-state index contributed by atoms with van der Waals surface area (Å²) >= 11 is 0. The molecule has 18 heavy (non-hydrogen) atoms. The minimum absolute atomic E-state index is 0.0537. The number of nitrogens with one attached hydrogen (secondary N) is 1. The lowest BCUT2D eigenvalue weighted by atomic mass is 10.1. The average Bonchev–Trinajstić information content (AvgIpc) is 2.36. The molecule has 4 heteroatoms. The predicted octanol–water partition coefficient (Wildman–Crippen LogP) is 2.69. The van der Waals surface area contributed by atoms with Crippen molar-refractivity contribution in [2.24, 2.45) is 0 Å². The molecule has 0 aliphatic carbocycles. The van der Waals surface area contributed by atoms with Crippen LogP contribution < -0.4 is 5.32 Å². The molecule has 1 N–H and O–H groups in total. The van der Waals surface area contributed by atoms with E-state index in [0.717, 1.165) is 24.4 Å². The zero-order chi connectivity index (χ0) is 13.7. The van der Waals surface area contributed by atoms with Crippen LogP contribution in [0.4, 0.5) is 5.82 Å². The van der Waals surface area contributed by atoms with Crippen LogP contribution in [0, 0.1) is 6.92 Å². The summed E-state index contributed by atoms with van der Waals surface area (Å²) in [5.41, 5.74) is 1.54. The van der Waals surface area contributed by atoms with E-state index in [9.17, 15) is 4.79 Å². The summed E-state index contributed by atoms with van der Waals surface area (Å²) in [6, 6.07) is 3.89. The Bertz CT molecular complexity index is 418. The third-order valence-corrected chi connectivity index (χ3v) is 3.14. The third kappa shape index (κ3) is 3.45. The van der Waals surface area contributed by atoms with Gasteiger partial charge >= 0.3 is 0 Å². The Labute approximate surface area is 109 Å². The van der Waals surface area contributed by atoms with Gasteiger partial charge in [-0.2, -0.15) is 0 Å². The van der Waals surface area contributed by atoms with Crippen LogP contribution in [0.15, 0.2) is 12.1 Å². The standard InChI is InChI=1S/C14H23N3O/c1-6-7-11(3)17(5)14(18)12-8-10(2)16-13(9-12)15-4/h8-9,11H,6-7H2,1-5H3,(H,15,16). The van der Waals surface area contributed by atoms with E-state index in [1.54, 1.807) is 18.0 Å². The number of carbonyl (C=O) groups excluding carboxylic acids is 1. The average molecular weight is 249 g/mol. The fraction of sp³-hybridized carbons (Fsp3) is 0.571. The Morgan fingerprint density at radius 3 is 2.72 bits per heavy atom. The molecule has 0 saturated carbocycles. The summed E-state index contributed by atoms with van der Waals surface area (Å²) in [7, 11) is 3.66. The molecule has 1 heterocycles. The minimum atomic E-state index is 0.0537. The monoisotopic (exact) mass is 249 g/mol. The number of pyridine rings is 1. The van der Waals surface area contributed by atoms with Gasteiger partial charge in [-0.15, -0.1) is 0 Å². The predicted molar refractivity (Wildman–Crippen MR) is 75.0 cm³/mol. The van der Waals surface area contributed by atoms with E-state index in [4.69, 9.17) is 0 Å². The molecule has 100 valence electrons. The molecule has 1 aromatic rings. The molecule has 0 spiro atoms. The van der Waals surface area contributed by atoms with E-state index in [1.807, 2.05) is 20.0 Å². The van der Waals surface area contributed by atoms with Crippen LogP contribution >= 0.6 is 0 Å². The second-order valence-electron chi connectivity index (χ2n) is 4.69. The number of aryl methyl sites for hydroxylation is 1. The fourth-order valence-corrected chi connectivity index (χ4v) is 1.94. The highest BCUT2D eigenvalue weighted by Crippen LogP contribution is 2.14. The molecule has 1 unspecified atom stereocenters. The zero-order valence-corrected chi connectivity index (χ0v) is 11.9. The minimum Gasteiger partial charge on any atom is -0.373 e. The van der Waals surface area contributed by atoms with Gasteiger partial charge in [-0.05, 0) is 32.4 Å². The van der Waals surface area contributed by atoms with Crippen molar-refractivity contribution < 1.29 is 4.79 Å². The highest BCUT2D eigenvalue weighted by molar-refractivity contribution is 5.95. The van der Waals surface area contributed by atoms with E-state index < -0.39 is 0 Å². The lowest BCUT2D eigenvalue weighted by Crippen LogP contribution is -2.35. The van der Waals surface area contributed by atoms with Crippen molar-refractivity contribution in [3.63, 3.8) is 0 Å². The quantitative estimate of drug-likeness (QED) is 0.872. The van der Waals surface area contributed by atoms with E-state index in [2.05, 4.69) is 24.1 Å². The molecular weight excluding hydrogens is 226 g/mol. The number of aromatic nitrogens is 1. The smallest absolute Gasteiger partial charge is 0.254 e. The number of hydrogen-bond donors (Lipinski definition) is 1. The maximum Gasteiger partial charge on any atom is 0.254 e. The van der Waals surface area contributed by atoms with Crippen LogP contribution in [-0.4, -0.2) is 35.9 Å². The van der Waals surface area contributed by atoms with Crippen molar-refractivity contribution in [2.75, 3.05) is 19.4 Å². The molecule has 0 bridgehead atoms. The van der Waals surface area contributed by atoms with Gasteiger partial charge in [0.2, 0.25) is 0 Å². The van der Waals surface area contributed by atoms with Gasteiger partial charge in [0, 0.05) is 31.4 Å². The van der Waals surface area contributed by atoms with Gasteiger partial charge < -0.3 is 10.2 Å². The zero-order valence-electron chi connectivity index (χ0n) is 11.9. The SMILES string of the molecule is CCCC(C)N(C)C(=O)c1cc(C)nc(NC)c1. The van der Waals surface area contributed by atoms with Crippen LogP contribution in [0.2, 0.25) is 0 Å². The van der Waals surface area contributed by atoms with Gasteiger partial charge in [0.15, 0.2) is 0 Å². The van der Waals surface area contributed by atoms with E-state index in [1.165, 1.54) is 0 Å². The number of nitrogens with zero attached hydrogens (tertiary/aromatic N) is 2. The lowest BCUT2D eigenvalue weighted by molar-refractivity contribution is 0.0736. The van der Waals surface area contributed by atoms with Crippen LogP contribution in [0.3, 0.4) is 0 Å². The molecule has 0 radical (unpaired) electrons. The summed E-state index contributed by atoms with van der Waals surface area (Å²) in [4.78, 5) is 18.4. The first-order chi connectivity index (χ1) is 8.49. The molecule has 0 aliphatic heterocycles. The second kappa shape index (κ2) is 6.38. The molecule has 0 fully saturated rings. The van der Waals surface area contributed by atoms with Crippen molar-refractivity contribution in [2.45, 2.75) is 39.7 Å². The highest BCUT2D eigenvalue weighted by Gasteiger charge is 2.17. The molecule has 1 rings (SSSR count). The molecular formula is C14H23N3O. The van der Waals surface area contributed by atoms with Gasteiger partial charge in [0.25, 0.3) is 5.91 Å². The molecule has 1 atom stereocenters. The summed E-state index contributed by atoms with van der Waals surface area (Å²) in [6.07, 6.45) is 2.10. The van der Waals surface area contributed by atoms with Crippen molar-refractivity contribution in [3.05, 3.63) is 23.4 Å². The van der Waals surface area contributed by atoms with Crippen LogP contribution in [-0.2, 0) is 0 Å². The number of hydrogen-bond acceptors (Lipinski definition) is 3. The summed E-state index contributed by atoms with van der Waals surface area (Å²) in [6.45, 7) is 6.10. The Kier molecular flexibility index (Phi) is 5.13. The topological polar surface area (TPSA) is 45.2 Å². The molecule has 1 aromatic heterocycles. The van der Waals surface area contributed by atoms with Gasteiger partial charge in [-0.3, -0.25) is 4.79 Å². The van der Waals surface area contributed by atoms with Crippen LogP contribution in [0.1, 0.15) is 42.7 Å². The molecule has 4 nitrogen and oxygen atoms in total. The maximum atomic E-state index is 12.4. The summed E-state index contributed by atoms with van der Waals surface area (Å²) in [5, 5.41) is 2.97. The van der Waals surface area contributed by atoms with E-state index >= 15 is 0 Å². The van der Waals surface area contributed by atoms with Crippen LogP contribution in [0.25, 0.3) is 0 Å². The fourth-order valence-electron chi connectivity index (χ4n) is 1.94. The van der Waals surface area contributed by atoms with Crippen molar-refractivity contribution in [1.29, 1.82) is 0 Å². The highest BCUT2D eigenvalue weighted by atomic mass is 16.2. The lowest BCUT2D eigenvalue weighted by Gasteiger charge is -2.25. The Hall–Kier alpha value is -1.58. The number of rotatable bonds is 5. The molecule has 1 amide bonds. The summed E-state index contributed by atoms with van der Waals surface area (Å²) < 4.78 is 0. The molecule has 0 saturated heterocycles. The first-order valence-electron chi connectivity index (χ1n) is 6.43. The molecule has 0 aromatic carbocycles. The Morgan fingerprint density at radius 2 is 2.17 bits per heavy atom. The van der Waals surface area contributed by atoms with Crippen molar-refractivity contribution in [3.8, 4) is 0 Å². The second-order valence-corrected chi connectivity index (χ2v) is 4.69. The first-order valence-corrected chi connectivity index (χ1v) is 6.43. The number of carbonyl (C=O) groups is 1. The van der Waals surface area contributed by atoms with Crippen molar-refractivity contribution >= 4 is 11.7 Å². The third-order valence-electron chi connectivity index (χ3n) is 3.14. The molecule has 0 aliphatic rings. The first kappa shape index (κ1) is 14.5. The van der Waals surface area contributed by atoms with Gasteiger partial charge in [-0.25, -0.2) is 4.98 Å². The largest absolute Gasteiger partial charge is 0.373 e. The Morgan fingerprint density at radius 1 is 1.50 bits per heavy atom. The van der Waals surface area contributed by atoms with Gasteiger partial charge in [0.05, 0.1) is 0 Å². The number of amides is 1.